The molecule has 62 valence electrons. The number of hydrogen-bond acceptors (Lipinski definition) is 3. The quantitative estimate of drug-likeness (QED) is 0.471. The lowest BCUT2D eigenvalue weighted by Crippen LogP contribution is -2.32. The summed E-state index contributed by atoms with van der Waals surface area (Å²) in [6.45, 7) is 4.08. The molecule has 5 nitrogen and oxygen atoms in total. The van der Waals surface area contributed by atoms with Gasteiger partial charge in [0.15, 0.2) is 0 Å². The molecule has 0 bridgehead atoms. The number of amides is 2. The summed E-state index contributed by atoms with van der Waals surface area (Å²) in [6.07, 6.45) is 3.05. The van der Waals surface area contributed by atoms with E-state index in [0.717, 1.165) is 5.01 Å². The zero-order chi connectivity index (χ0) is 8.69. The number of nitrogens with one attached hydrogen (secondary N) is 2. The van der Waals surface area contributed by atoms with Crippen molar-refractivity contribution in [2.24, 2.45) is 5.22 Å². The van der Waals surface area contributed by atoms with Crippen LogP contribution in [-0.4, -0.2) is 17.6 Å². The van der Waals surface area contributed by atoms with Crippen LogP contribution >= 0.6 is 0 Å². The number of carbonyl (C=O) groups excluding carboxylic acids is 1. The summed E-state index contributed by atoms with van der Waals surface area (Å²) in [7, 11) is 0. The van der Waals surface area contributed by atoms with E-state index in [2.05, 4.69) is 10.5 Å². The Bertz CT molecular complexity index is 166. The van der Waals surface area contributed by atoms with Gasteiger partial charge in [0.05, 0.1) is 0 Å². The molecule has 11 heavy (non-hydrogen) atoms. The predicted molar refractivity (Wildman–Crippen MR) is 40.9 cm³/mol. The Morgan fingerprint density at radius 3 is 2.82 bits per heavy atom. The van der Waals surface area contributed by atoms with Gasteiger partial charge in [-0.1, -0.05) is 11.3 Å². The number of hydrogen-bond donors (Lipinski definition) is 2. The molecule has 0 heterocycles. The second kappa shape index (κ2) is 5.40. The van der Waals surface area contributed by atoms with Crippen LogP contribution in [0.1, 0.15) is 13.8 Å². The van der Waals surface area contributed by atoms with Crippen LogP contribution in [0.25, 0.3) is 0 Å². The highest BCUT2D eigenvalue weighted by molar-refractivity contribution is 5.74. The average Bonchev–Trinajstić information content (AvgIpc) is 2.00. The summed E-state index contributed by atoms with van der Waals surface area (Å²) in [5, 5.41) is 6.40. The van der Waals surface area contributed by atoms with E-state index in [-0.39, 0.29) is 6.03 Å². The molecule has 0 aromatic rings. The highest BCUT2D eigenvalue weighted by Gasteiger charge is 2.05. The molecule has 0 radical (unpaired) electrons. The van der Waals surface area contributed by atoms with Crippen molar-refractivity contribution in [1.29, 1.82) is 5.53 Å². The molecule has 0 aliphatic heterocycles. The van der Waals surface area contributed by atoms with Gasteiger partial charge in [0, 0.05) is 12.7 Å². The first-order valence-corrected chi connectivity index (χ1v) is 3.33. The monoisotopic (exact) mass is 156 g/mol. The molecule has 2 N–H and O–H groups in total. The lowest BCUT2D eigenvalue weighted by atomic mass is 10.6. The number of allylic oxidation sites excluding steroid dienone is 1. The van der Waals surface area contributed by atoms with Gasteiger partial charge < -0.3 is 5.32 Å². The van der Waals surface area contributed by atoms with E-state index in [4.69, 9.17) is 5.53 Å². The second-order valence-electron chi connectivity index (χ2n) is 1.76. The molecule has 0 saturated carbocycles. The van der Waals surface area contributed by atoms with Crippen molar-refractivity contribution in [1.82, 2.24) is 10.3 Å². The van der Waals surface area contributed by atoms with E-state index in [1.165, 1.54) is 6.20 Å². The first-order valence-electron chi connectivity index (χ1n) is 3.33. The SMILES string of the molecule is C/C=C/N(N=N)C(=O)NCC. The predicted octanol–water partition coefficient (Wildman–Crippen LogP) is 1.50. The molecule has 5 heteroatoms. The van der Waals surface area contributed by atoms with Crippen LogP contribution < -0.4 is 5.32 Å². The van der Waals surface area contributed by atoms with Gasteiger partial charge in [-0.15, -0.1) is 0 Å². The Balaban J connectivity index is 4.02. The topological polar surface area (TPSA) is 68.5 Å². The van der Waals surface area contributed by atoms with Crippen molar-refractivity contribution in [2.75, 3.05) is 6.54 Å². The van der Waals surface area contributed by atoms with Crippen molar-refractivity contribution < 1.29 is 4.79 Å². The molecule has 0 aromatic carbocycles. The minimum absolute atomic E-state index is 0.388. The lowest BCUT2D eigenvalue weighted by molar-refractivity contribution is 0.213. The Hall–Kier alpha value is -1.39. The van der Waals surface area contributed by atoms with Gasteiger partial charge in [-0.25, -0.2) is 4.79 Å². The van der Waals surface area contributed by atoms with Gasteiger partial charge in [0.2, 0.25) is 0 Å². The second-order valence-corrected chi connectivity index (χ2v) is 1.76. The van der Waals surface area contributed by atoms with E-state index >= 15 is 0 Å². The van der Waals surface area contributed by atoms with E-state index in [9.17, 15) is 4.79 Å². The third-order valence-electron chi connectivity index (χ3n) is 0.934. The fourth-order valence-electron chi connectivity index (χ4n) is 0.520. The Kier molecular flexibility index (Phi) is 4.72. The first kappa shape index (κ1) is 9.61. The lowest BCUT2D eigenvalue weighted by Gasteiger charge is -2.08. The van der Waals surface area contributed by atoms with E-state index in [0.29, 0.717) is 6.54 Å². The molecule has 2 amide bonds. The van der Waals surface area contributed by atoms with Gasteiger partial charge in [-0.2, -0.15) is 10.5 Å². The smallest absolute Gasteiger partial charge is 0.336 e. The molecule has 0 fully saturated rings. The summed E-state index contributed by atoms with van der Waals surface area (Å²) in [4.78, 5) is 10.9. The number of nitrogens with zero attached hydrogens (tertiary/aromatic N) is 2. The minimum atomic E-state index is -0.388. The molecule has 0 unspecified atom stereocenters. The summed E-state index contributed by atoms with van der Waals surface area (Å²) >= 11 is 0. The summed E-state index contributed by atoms with van der Waals surface area (Å²) in [6, 6.07) is -0.388. The fraction of sp³-hybridized carbons (Fsp3) is 0.500. The van der Waals surface area contributed by atoms with E-state index in [1.54, 1.807) is 19.9 Å². The van der Waals surface area contributed by atoms with E-state index < -0.39 is 0 Å². The first-order chi connectivity index (χ1) is 5.26. The largest absolute Gasteiger partial charge is 0.343 e. The number of urea groups is 1. The molecule has 0 atom stereocenters. The Morgan fingerprint density at radius 2 is 2.45 bits per heavy atom. The molecule has 0 aliphatic carbocycles. The summed E-state index contributed by atoms with van der Waals surface area (Å²) in [5.74, 6) is 0. The van der Waals surface area contributed by atoms with Crippen molar-refractivity contribution in [3.05, 3.63) is 12.3 Å². The van der Waals surface area contributed by atoms with E-state index in [1.807, 2.05) is 0 Å². The molecular formula is C6H12N4O. The fourth-order valence-corrected chi connectivity index (χ4v) is 0.520. The van der Waals surface area contributed by atoms with Gasteiger partial charge in [-0.05, 0) is 13.8 Å². The number of carbonyl (C=O) groups is 1. The molecule has 0 spiro atoms. The van der Waals surface area contributed by atoms with Crippen molar-refractivity contribution in [3.8, 4) is 0 Å². The van der Waals surface area contributed by atoms with Crippen molar-refractivity contribution in [3.63, 3.8) is 0 Å². The standard InChI is InChI=1S/C6H12N4O/c1-3-5-10(9-7)6(11)8-4-2/h3,5,7H,4H2,1-2H3,(H,8,11)/b5-3+,9-7?. The summed E-state index contributed by atoms with van der Waals surface area (Å²) < 4.78 is 0. The van der Waals surface area contributed by atoms with Crippen molar-refractivity contribution in [2.45, 2.75) is 13.8 Å². The minimum Gasteiger partial charge on any atom is -0.336 e. The van der Waals surface area contributed by atoms with Gasteiger partial charge in [-0.3, -0.25) is 0 Å². The van der Waals surface area contributed by atoms with Crippen LogP contribution in [0.2, 0.25) is 0 Å². The van der Waals surface area contributed by atoms with Crippen molar-refractivity contribution >= 4 is 6.03 Å². The van der Waals surface area contributed by atoms with Gasteiger partial charge in [0.1, 0.15) is 0 Å². The van der Waals surface area contributed by atoms with Crippen LogP contribution in [0.5, 0.6) is 0 Å². The molecule has 0 aliphatic rings. The van der Waals surface area contributed by atoms with Crippen LogP contribution in [0, 0.1) is 5.53 Å². The highest BCUT2D eigenvalue weighted by Crippen LogP contribution is 1.90. The van der Waals surface area contributed by atoms with Crippen LogP contribution in [0.3, 0.4) is 0 Å². The van der Waals surface area contributed by atoms with Gasteiger partial charge >= 0.3 is 6.03 Å². The third-order valence-corrected chi connectivity index (χ3v) is 0.934. The molecule has 0 aromatic heterocycles. The Labute approximate surface area is 65.6 Å². The maximum Gasteiger partial charge on any atom is 0.343 e. The zero-order valence-electron chi connectivity index (χ0n) is 6.66. The molecular weight excluding hydrogens is 144 g/mol. The third kappa shape index (κ3) is 3.34. The summed E-state index contributed by atoms with van der Waals surface area (Å²) in [5.41, 5.74) is 6.61. The van der Waals surface area contributed by atoms with Crippen LogP contribution in [0.4, 0.5) is 4.79 Å². The maximum atomic E-state index is 10.9. The molecule has 0 rings (SSSR count). The zero-order valence-corrected chi connectivity index (χ0v) is 6.66. The average molecular weight is 156 g/mol. The van der Waals surface area contributed by atoms with Crippen LogP contribution in [-0.2, 0) is 0 Å². The Morgan fingerprint density at radius 1 is 1.82 bits per heavy atom. The number of rotatable bonds is 3. The van der Waals surface area contributed by atoms with Gasteiger partial charge in [0.25, 0.3) is 0 Å². The molecule has 0 saturated heterocycles. The maximum absolute atomic E-state index is 10.9. The highest BCUT2D eigenvalue weighted by atomic mass is 16.2. The van der Waals surface area contributed by atoms with Crippen LogP contribution in [0.15, 0.2) is 17.5 Å². The normalized spacial score (nSPS) is 9.64.